The monoisotopic (exact) mass is 324 g/mol. The van der Waals surface area contributed by atoms with Gasteiger partial charge in [0.2, 0.25) is 10.0 Å². The van der Waals surface area contributed by atoms with Gasteiger partial charge in [0.15, 0.2) is 0 Å². The Kier molecular flexibility index (Phi) is 3.36. The third-order valence-electron chi connectivity index (χ3n) is 4.01. The Morgan fingerprint density at radius 3 is 2.55 bits per heavy atom. The van der Waals surface area contributed by atoms with E-state index in [1.165, 1.54) is 10.4 Å². The van der Waals surface area contributed by atoms with Crippen LogP contribution in [0.5, 0.6) is 0 Å². The van der Waals surface area contributed by atoms with Gasteiger partial charge in [-0.15, -0.1) is 0 Å². The fraction of sp³-hybridized carbons (Fsp3) is 0.429. The molecule has 0 bridgehead atoms. The van der Waals surface area contributed by atoms with Gasteiger partial charge in [-0.3, -0.25) is 9.10 Å². The number of carboxylic acids is 1. The minimum atomic E-state index is -3.31. The van der Waals surface area contributed by atoms with Crippen molar-refractivity contribution in [2.75, 3.05) is 16.6 Å². The number of amides is 1. The summed E-state index contributed by atoms with van der Waals surface area (Å²) in [6.45, 7) is 0.395. The number of carbonyl (C=O) groups is 2. The summed E-state index contributed by atoms with van der Waals surface area (Å²) < 4.78 is 25.1. The standard InChI is InChI=1S/C14H16N2O5S/c17-12(15-14(5-6-14)13(18)19)10-3-1-4-11(9-10)16-7-2-8-22(16,20)21/h1,3-4,9H,2,5-8H2,(H,15,17)(H,18,19). The maximum absolute atomic E-state index is 12.2. The fourth-order valence-electron chi connectivity index (χ4n) is 2.54. The molecule has 1 heterocycles. The van der Waals surface area contributed by atoms with Gasteiger partial charge in [0.05, 0.1) is 11.4 Å². The van der Waals surface area contributed by atoms with E-state index in [0.717, 1.165) is 0 Å². The Hall–Kier alpha value is -2.09. The predicted molar refractivity (Wildman–Crippen MR) is 79.3 cm³/mol. The number of benzene rings is 1. The molecule has 3 rings (SSSR count). The summed E-state index contributed by atoms with van der Waals surface area (Å²) in [5, 5.41) is 11.6. The van der Waals surface area contributed by atoms with Crippen LogP contribution in [0.15, 0.2) is 24.3 Å². The molecular weight excluding hydrogens is 308 g/mol. The largest absolute Gasteiger partial charge is 0.480 e. The van der Waals surface area contributed by atoms with E-state index in [4.69, 9.17) is 5.11 Å². The summed E-state index contributed by atoms with van der Waals surface area (Å²) >= 11 is 0. The van der Waals surface area contributed by atoms with Gasteiger partial charge in [-0.1, -0.05) is 6.07 Å². The lowest BCUT2D eigenvalue weighted by molar-refractivity contribution is -0.140. The van der Waals surface area contributed by atoms with Gasteiger partial charge < -0.3 is 10.4 Å². The van der Waals surface area contributed by atoms with Gasteiger partial charge in [0, 0.05) is 12.1 Å². The highest BCUT2D eigenvalue weighted by atomic mass is 32.2. The van der Waals surface area contributed by atoms with E-state index in [1.54, 1.807) is 18.2 Å². The van der Waals surface area contributed by atoms with Gasteiger partial charge in [-0.2, -0.15) is 0 Å². The molecule has 1 saturated carbocycles. The van der Waals surface area contributed by atoms with Crippen LogP contribution in [0.3, 0.4) is 0 Å². The van der Waals surface area contributed by atoms with Gasteiger partial charge >= 0.3 is 5.97 Å². The third kappa shape index (κ3) is 2.54. The van der Waals surface area contributed by atoms with Crippen LogP contribution >= 0.6 is 0 Å². The highest BCUT2D eigenvalue weighted by Gasteiger charge is 2.51. The lowest BCUT2D eigenvalue weighted by atomic mass is 10.1. The molecule has 1 aromatic rings. The summed E-state index contributed by atoms with van der Waals surface area (Å²) in [7, 11) is -3.31. The van der Waals surface area contributed by atoms with Crippen LogP contribution in [0.2, 0.25) is 0 Å². The zero-order valence-corrected chi connectivity index (χ0v) is 12.6. The second-order valence-corrected chi connectivity index (χ2v) is 7.65. The van der Waals surface area contributed by atoms with Gasteiger partial charge in [0.1, 0.15) is 5.54 Å². The van der Waals surface area contributed by atoms with Crippen molar-refractivity contribution in [2.24, 2.45) is 0 Å². The van der Waals surface area contributed by atoms with Crippen LogP contribution in [-0.4, -0.2) is 43.2 Å². The number of rotatable bonds is 4. The lowest BCUT2D eigenvalue weighted by Crippen LogP contribution is -2.43. The highest BCUT2D eigenvalue weighted by molar-refractivity contribution is 7.93. The molecule has 0 spiro atoms. The first-order chi connectivity index (χ1) is 10.3. The maximum Gasteiger partial charge on any atom is 0.329 e. The molecule has 1 saturated heterocycles. The van der Waals surface area contributed by atoms with E-state index >= 15 is 0 Å². The van der Waals surface area contributed by atoms with Crippen molar-refractivity contribution in [3.63, 3.8) is 0 Å². The summed E-state index contributed by atoms with van der Waals surface area (Å²) in [6, 6.07) is 6.25. The zero-order valence-electron chi connectivity index (χ0n) is 11.8. The van der Waals surface area contributed by atoms with E-state index in [1.807, 2.05) is 0 Å². The summed E-state index contributed by atoms with van der Waals surface area (Å²) in [4.78, 5) is 23.3. The Morgan fingerprint density at radius 2 is 2.00 bits per heavy atom. The van der Waals surface area contributed by atoms with Crippen LogP contribution in [0.1, 0.15) is 29.6 Å². The SMILES string of the molecule is O=C(NC1(C(=O)O)CC1)c1cccc(N2CCCS2(=O)=O)c1. The molecule has 2 N–H and O–H groups in total. The molecule has 1 aliphatic carbocycles. The van der Waals surface area contributed by atoms with Crippen LogP contribution < -0.4 is 9.62 Å². The number of sulfonamides is 1. The molecule has 8 heteroatoms. The summed E-state index contributed by atoms with van der Waals surface area (Å²) in [6.07, 6.45) is 1.38. The molecule has 1 amide bonds. The van der Waals surface area contributed by atoms with Gasteiger partial charge in [-0.05, 0) is 37.5 Å². The third-order valence-corrected chi connectivity index (χ3v) is 5.88. The fourth-order valence-corrected chi connectivity index (χ4v) is 4.09. The molecular formula is C14H16N2O5S. The van der Waals surface area contributed by atoms with Crippen LogP contribution in [0.25, 0.3) is 0 Å². The van der Waals surface area contributed by atoms with Crippen molar-refractivity contribution >= 4 is 27.6 Å². The molecule has 0 unspecified atom stereocenters. The first-order valence-electron chi connectivity index (χ1n) is 7.00. The molecule has 2 fully saturated rings. The molecule has 7 nitrogen and oxygen atoms in total. The van der Waals surface area contributed by atoms with E-state index in [0.29, 0.717) is 31.5 Å². The molecule has 0 atom stereocenters. The average molecular weight is 324 g/mol. The second-order valence-electron chi connectivity index (χ2n) is 5.63. The van der Waals surface area contributed by atoms with Crippen molar-refractivity contribution in [2.45, 2.75) is 24.8 Å². The van der Waals surface area contributed by atoms with E-state index < -0.39 is 27.4 Å². The van der Waals surface area contributed by atoms with Crippen LogP contribution in [0.4, 0.5) is 5.69 Å². The Morgan fingerprint density at radius 1 is 1.27 bits per heavy atom. The number of anilines is 1. The number of nitrogens with one attached hydrogen (secondary N) is 1. The van der Waals surface area contributed by atoms with Crippen molar-refractivity contribution in [3.05, 3.63) is 29.8 Å². The average Bonchev–Trinajstić information content (AvgIpc) is 3.16. The number of carboxylic acid groups (broad SMARTS) is 1. The lowest BCUT2D eigenvalue weighted by Gasteiger charge is -2.18. The summed E-state index contributed by atoms with van der Waals surface area (Å²) in [5.41, 5.74) is -0.468. The van der Waals surface area contributed by atoms with Gasteiger partial charge in [-0.25, -0.2) is 13.2 Å². The summed E-state index contributed by atoms with van der Waals surface area (Å²) in [5.74, 6) is -1.44. The normalized spacial score (nSPS) is 21.4. The van der Waals surface area contributed by atoms with Crippen molar-refractivity contribution in [1.29, 1.82) is 0 Å². The number of hydrogen-bond donors (Lipinski definition) is 2. The van der Waals surface area contributed by atoms with Crippen LogP contribution in [-0.2, 0) is 14.8 Å². The Labute approximate surface area is 128 Å². The predicted octanol–water partition coefficient (Wildman–Crippen LogP) is 0.573. The minimum Gasteiger partial charge on any atom is -0.480 e. The van der Waals surface area contributed by atoms with E-state index in [-0.39, 0.29) is 11.3 Å². The van der Waals surface area contributed by atoms with Crippen molar-refractivity contribution in [1.82, 2.24) is 5.32 Å². The van der Waals surface area contributed by atoms with E-state index in [9.17, 15) is 18.0 Å². The first-order valence-corrected chi connectivity index (χ1v) is 8.61. The molecule has 1 aromatic carbocycles. The topological polar surface area (TPSA) is 104 Å². The highest BCUT2D eigenvalue weighted by Crippen LogP contribution is 2.36. The zero-order chi connectivity index (χ0) is 16.0. The molecule has 0 aromatic heterocycles. The quantitative estimate of drug-likeness (QED) is 0.843. The smallest absolute Gasteiger partial charge is 0.329 e. The second kappa shape index (κ2) is 4.98. The van der Waals surface area contributed by atoms with Crippen molar-refractivity contribution < 1.29 is 23.1 Å². The number of aliphatic carboxylic acids is 1. The van der Waals surface area contributed by atoms with E-state index in [2.05, 4.69) is 5.32 Å². The molecule has 1 aliphatic heterocycles. The number of carbonyl (C=O) groups excluding carboxylic acids is 1. The molecule has 118 valence electrons. The molecule has 22 heavy (non-hydrogen) atoms. The Balaban J connectivity index is 1.83. The first kappa shape index (κ1) is 14.8. The maximum atomic E-state index is 12.2. The number of nitrogens with zero attached hydrogens (tertiary/aromatic N) is 1. The molecule has 0 radical (unpaired) electrons. The van der Waals surface area contributed by atoms with Crippen molar-refractivity contribution in [3.8, 4) is 0 Å². The Bertz CT molecular complexity index is 739. The molecule has 2 aliphatic rings. The minimum absolute atomic E-state index is 0.103. The van der Waals surface area contributed by atoms with Crippen LogP contribution in [0, 0.1) is 0 Å². The number of hydrogen-bond acceptors (Lipinski definition) is 4. The van der Waals surface area contributed by atoms with Gasteiger partial charge in [0.25, 0.3) is 5.91 Å².